The number of H-pyrrole nitrogens is 1. The summed E-state index contributed by atoms with van der Waals surface area (Å²) in [5.41, 5.74) is -0.806. The zero-order valence-corrected chi connectivity index (χ0v) is 28.5. The van der Waals surface area contributed by atoms with Crippen LogP contribution in [-0.4, -0.2) is 83.4 Å². The summed E-state index contributed by atoms with van der Waals surface area (Å²) < 4.78 is 32.4. The lowest BCUT2D eigenvalue weighted by atomic mass is 9.75. The molecule has 14 nitrogen and oxygen atoms in total. The minimum Gasteiger partial charge on any atom is -0.447 e. The van der Waals surface area contributed by atoms with Crippen molar-refractivity contribution in [3.05, 3.63) is 77.3 Å². The second-order valence-electron chi connectivity index (χ2n) is 13.5. The summed E-state index contributed by atoms with van der Waals surface area (Å²) in [6.07, 6.45) is 3.20. The van der Waals surface area contributed by atoms with Crippen LogP contribution in [0.15, 0.2) is 61.2 Å². The van der Waals surface area contributed by atoms with E-state index in [9.17, 15) is 28.6 Å². The summed E-state index contributed by atoms with van der Waals surface area (Å²) in [7, 11) is 0. The van der Waals surface area contributed by atoms with Gasteiger partial charge in [0.15, 0.2) is 11.8 Å². The molecule has 2 amide bonds. The Morgan fingerprint density at radius 3 is 2.40 bits per heavy atom. The van der Waals surface area contributed by atoms with Gasteiger partial charge in [0, 0.05) is 17.3 Å². The molecular weight excluding hydrogens is 676 g/mol. The first-order chi connectivity index (χ1) is 23.6. The second kappa shape index (κ2) is 14.1. The zero-order valence-electron chi connectivity index (χ0n) is 27.7. The number of aromatic amines is 1. The van der Waals surface area contributed by atoms with Crippen molar-refractivity contribution in [2.75, 3.05) is 19.8 Å². The topological polar surface area (TPSA) is 194 Å². The summed E-state index contributed by atoms with van der Waals surface area (Å²) in [6.45, 7) is 2.92. The van der Waals surface area contributed by atoms with Crippen molar-refractivity contribution in [3.63, 3.8) is 0 Å². The molecule has 5 rings (SSSR count). The number of aromatic nitrogens is 5. The van der Waals surface area contributed by atoms with E-state index in [1.807, 2.05) is 20.8 Å². The summed E-state index contributed by atoms with van der Waals surface area (Å²) in [6, 6.07) is 10.6. The molecule has 0 aliphatic carbocycles. The maximum absolute atomic E-state index is 14.9. The van der Waals surface area contributed by atoms with Crippen molar-refractivity contribution in [3.8, 4) is 22.5 Å². The fourth-order valence-electron chi connectivity index (χ4n) is 5.83. The molecule has 0 saturated carbocycles. The van der Waals surface area contributed by atoms with Gasteiger partial charge in [-0.15, -0.1) is 10.2 Å². The molecule has 266 valence electrons. The number of rotatable bonds is 12. The molecular formula is C33H38ClF2N9O5. The number of guanidine groups is 1. The Balaban J connectivity index is 1.55. The highest BCUT2D eigenvalue weighted by molar-refractivity contribution is 6.33. The number of hydrogen-bond donors (Lipinski definition) is 6. The van der Waals surface area contributed by atoms with E-state index in [0.717, 1.165) is 0 Å². The average Bonchev–Trinajstić information content (AvgIpc) is 3.83. The van der Waals surface area contributed by atoms with E-state index in [2.05, 4.69) is 30.9 Å². The standard InChI is InChI=1S/C33H38ClF2N9O5/c1-31(2,3)15-33(22-8-5-19(6-9-22)21-12-40-44(13-21)28(35)36)27(48)45(29(37)41-33)25(14-50-30(49)42-32(4,16-46)17-47)20-7-10-24(34)23(11-20)26-38-18-39-43-26/h5-13,18,25,28,46-47H,14-17H2,1-4H3,(H2,37,41)(H,42,49)(H,38,39,43)/t25-,33-/m1/s1. The number of nitrogens with zero attached hydrogens (tertiary/aromatic N) is 5. The van der Waals surface area contributed by atoms with Gasteiger partial charge in [0.25, 0.3) is 5.91 Å². The first-order valence-corrected chi connectivity index (χ1v) is 15.9. The lowest BCUT2D eigenvalue weighted by molar-refractivity contribution is -0.134. The lowest BCUT2D eigenvalue weighted by Gasteiger charge is -2.35. The number of aliphatic hydroxyl groups is 2. The Morgan fingerprint density at radius 2 is 1.82 bits per heavy atom. The second-order valence-corrected chi connectivity index (χ2v) is 14.0. The van der Waals surface area contributed by atoms with Crippen LogP contribution in [-0.2, 0) is 15.1 Å². The molecule has 0 bridgehead atoms. The molecule has 0 radical (unpaired) electrons. The Morgan fingerprint density at radius 1 is 1.12 bits per heavy atom. The van der Waals surface area contributed by atoms with E-state index in [4.69, 9.17) is 21.7 Å². The van der Waals surface area contributed by atoms with Crippen molar-refractivity contribution in [1.29, 1.82) is 5.41 Å². The smallest absolute Gasteiger partial charge is 0.407 e. The minimum atomic E-state index is -2.79. The summed E-state index contributed by atoms with van der Waals surface area (Å²) in [4.78, 5) is 31.9. The number of hydrogen-bond acceptors (Lipinski definition) is 9. The summed E-state index contributed by atoms with van der Waals surface area (Å²) in [5.74, 6) is -0.420. The van der Waals surface area contributed by atoms with Gasteiger partial charge in [-0.25, -0.2) is 9.48 Å². The Labute approximate surface area is 291 Å². The van der Waals surface area contributed by atoms with Crippen LogP contribution in [0.1, 0.15) is 57.8 Å². The van der Waals surface area contributed by atoms with Crippen LogP contribution in [0.25, 0.3) is 22.5 Å². The number of ether oxygens (including phenoxy) is 1. The molecule has 17 heteroatoms. The summed E-state index contributed by atoms with van der Waals surface area (Å²) >= 11 is 6.51. The van der Waals surface area contributed by atoms with Crippen LogP contribution in [0.5, 0.6) is 0 Å². The van der Waals surface area contributed by atoms with E-state index in [1.165, 1.54) is 30.5 Å². The van der Waals surface area contributed by atoms with Crippen LogP contribution in [0.2, 0.25) is 5.02 Å². The van der Waals surface area contributed by atoms with E-state index in [0.29, 0.717) is 43.3 Å². The first kappa shape index (κ1) is 36.4. The molecule has 50 heavy (non-hydrogen) atoms. The SMILES string of the molecule is CC(C)(C)C[C@]1(c2ccc(-c3cnn(C(F)F)c3)cc2)NC(=N)N([C@H](COC(=O)NC(C)(CO)CO)c2ccc(Cl)c(-c3nnc[nH]3)c2)C1=O. The Bertz CT molecular complexity index is 1840. The Kier molecular flexibility index (Phi) is 10.3. The lowest BCUT2D eigenvalue weighted by Crippen LogP contribution is -2.52. The first-order valence-electron chi connectivity index (χ1n) is 15.6. The third kappa shape index (κ3) is 7.46. The van der Waals surface area contributed by atoms with Gasteiger partial charge in [0.05, 0.1) is 36.0 Å². The maximum Gasteiger partial charge on any atom is 0.407 e. The third-order valence-electron chi connectivity index (χ3n) is 8.30. The number of alkyl carbamates (subject to hydrolysis) is 1. The highest BCUT2D eigenvalue weighted by Gasteiger charge is 2.54. The quantitative estimate of drug-likeness (QED) is 0.122. The fraction of sp³-hybridized carbons (Fsp3) is 0.394. The van der Waals surface area contributed by atoms with Gasteiger partial charge in [0.1, 0.15) is 18.5 Å². The number of amides is 2. The molecule has 1 saturated heterocycles. The molecule has 0 spiro atoms. The van der Waals surface area contributed by atoms with Crippen LogP contribution >= 0.6 is 11.6 Å². The molecule has 0 unspecified atom stereocenters. The molecule has 3 heterocycles. The van der Waals surface area contributed by atoms with E-state index >= 15 is 0 Å². The van der Waals surface area contributed by atoms with Crippen LogP contribution < -0.4 is 10.6 Å². The molecule has 4 aromatic rings. The number of benzene rings is 2. The van der Waals surface area contributed by atoms with Gasteiger partial charge in [-0.05, 0) is 47.6 Å². The predicted octanol–water partition coefficient (Wildman–Crippen LogP) is 4.59. The van der Waals surface area contributed by atoms with Crippen molar-refractivity contribution in [2.45, 2.75) is 57.8 Å². The summed E-state index contributed by atoms with van der Waals surface area (Å²) in [5, 5.41) is 45.9. The van der Waals surface area contributed by atoms with Gasteiger partial charge in [-0.2, -0.15) is 13.9 Å². The van der Waals surface area contributed by atoms with Gasteiger partial charge in [0.2, 0.25) is 0 Å². The van der Waals surface area contributed by atoms with Gasteiger partial charge < -0.3 is 30.6 Å². The van der Waals surface area contributed by atoms with E-state index in [-0.39, 0.29) is 12.4 Å². The van der Waals surface area contributed by atoms with Crippen molar-refractivity contribution < 1.29 is 33.3 Å². The zero-order chi connectivity index (χ0) is 36.4. The fourth-order valence-corrected chi connectivity index (χ4v) is 6.04. The molecule has 1 aliphatic rings. The van der Waals surface area contributed by atoms with Crippen molar-refractivity contribution >= 4 is 29.6 Å². The number of halogens is 3. The number of carbonyl (C=O) groups is 2. The highest BCUT2D eigenvalue weighted by atomic mass is 35.5. The van der Waals surface area contributed by atoms with Gasteiger partial charge >= 0.3 is 12.6 Å². The van der Waals surface area contributed by atoms with E-state index in [1.54, 1.807) is 42.5 Å². The number of carbonyl (C=O) groups excluding carboxylic acids is 2. The Hall–Kier alpha value is -4.93. The van der Waals surface area contributed by atoms with Gasteiger partial charge in [-0.3, -0.25) is 15.1 Å². The van der Waals surface area contributed by atoms with Crippen molar-refractivity contribution in [2.24, 2.45) is 5.41 Å². The normalized spacial score (nSPS) is 17.3. The molecule has 1 fully saturated rings. The van der Waals surface area contributed by atoms with E-state index < -0.39 is 60.9 Å². The largest absolute Gasteiger partial charge is 0.447 e. The molecule has 1 aliphatic heterocycles. The monoisotopic (exact) mass is 713 g/mol. The molecule has 2 aromatic carbocycles. The number of nitrogens with one attached hydrogen (secondary N) is 4. The van der Waals surface area contributed by atoms with Crippen LogP contribution in [0.4, 0.5) is 13.6 Å². The molecule has 2 atom stereocenters. The van der Waals surface area contributed by atoms with Gasteiger partial charge in [-0.1, -0.05) is 62.7 Å². The number of alkyl halides is 2. The molecule has 6 N–H and O–H groups in total. The predicted molar refractivity (Wildman–Crippen MR) is 179 cm³/mol. The third-order valence-corrected chi connectivity index (χ3v) is 8.63. The highest BCUT2D eigenvalue weighted by Crippen LogP contribution is 2.43. The van der Waals surface area contributed by atoms with Crippen molar-refractivity contribution in [1.82, 2.24) is 40.5 Å². The average molecular weight is 714 g/mol. The minimum absolute atomic E-state index is 0.240. The molecule has 2 aromatic heterocycles. The number of aliphatic hydroxyl groups excluding tert-OH is 2. The van der Waals surface area contributed by atoms with Crippen LogP contribution in [0, 0.1) is 10.8 Å². The maximum atomic E-state index is 14.9. The van der Waals surface area contributed by atoms with Crippen LogP contribution in [0.3, 0.4) is 0 Å².